The Hall–Kier alpha value is -2.87. The van der Waals surface area contributed by atoms with Gasteiger partial charge in [-0.3, -0.25) is 9.52 Å². The van der Waals surface area contributed by atoms with Gasteiger partial charge >= 0.3 is 0 Å². The van der Waals surface area contributed by atoms with Gasteiger partial charge in [0.25, 0.3) is 10.0 Å². The zero-order chi connectivity index (χ0) is 19.9. The minimum atomic E-state index is -3.63. The van der Waals surface area contributed by atoms with Crippen LogP contribution >= 0.6 is 0 Å². The normalized spacial score (nSPS) is 10.3. The van der Waals surface area contributed by atoms with Gasteiger partial charge in [-0.2, -0.15) is 0 Å². The Labute approximate surface area is 154 Å². The Kier molecular flexibility index (Phi) is 7.33. The van der Waals surface area contributed by atoms with Gasteiger partial charge in [0, 0.05) is 25.5 Å². The second-order valence-corrected chi connectivity index (χ2v) is 7.46. The number of carbonyl (C=O) groups excluding carboxylic acids is 1. The maximum atomic E-state index is 12.1. The van der Waals surface area contributed by atoms with E-state index in [-0.39, 0.29) is 10.8 Å². The molecule has 1 heterocycles. The van der Waals surface area contributed by atoms with Gasteiger partial charge in [0.2, 0.25) is 5.91 Å². The maximum absolute atomic E-state index is 12.1. The third kappa shape index (κ3) is 6.56. The van der Waals surface area contributed by atoms with E-state index in [1.165, 1.54) is 23.1 Å². The van der Waals surface area contributed by atoms with Gasteiger partial charge in [-0.15, -0.1) is 0 Å². The number of hydrogen-bond acceptors (Lipinski definition) is 5. The van der Waals surface area contributed by atoms with Gasteiger partial charge in [-0.1, -0.05) is 6.58 Å². The number of carbonyl (C=O) groups is 1. The first-order valence-corrected chi connectivity index (χ1v) is 9.21. The Morgan fingerprint density at radius 2 is 1.77 bits per heavy atom. The molecule has 0 aliphatic heterocycles. The quantitative estimate of drug-likeness (QED) is 0.629. The minimum Gasteiger partial charge on any atom is -0.399 e. The van der Waals surface area contributed by atoms with Crippen molar-refractivity contribution in [2.45, 2.75) is 18.7 Å². The van der Waals surface area contributed by atoms with E-state index in [9.17, 15) is 13.2 Å². The summed E-state index contributed by atoms with van der Waals surface area (Å²) < 4.78 is 26.7. The van der Waals surface area contributed by atoms with Crippen molar-refractivity contribution >= 4 is 27.4 Å². The summed E-state index contributed by atoms with van der Waals surface area (Å²) in [5, 5.41) is 0. The van der Waals surface area contributed by atoms with Crippen molar-refractivity contribution in [2.75, 3.05) is 24.6 Å². The lowest BCUT2D eigenvalue weighted by molar-refractivity contribution is -0.123. The molecule has 0 atom stereocenters. The minimum absolute atomic E-state index is 0.0556. The first-order chi connectivity index (χ1) is 12.0. The van der Waals surface area contributed by atoms with Crippen LogP contribution in [0, 0.1) is 13.8 Å². The van der Waals surface area contributed by atoms with Crippen LogP contribution in [-0.2, 0) is 14.8 Å². The number of aryl methyl sites for hydroxylation is 2. The van der Waals surface area contributed by atoms with Crippen LogP contribution in [0.3, 0.4) is 0 Å². The predicted molar refractivity (Wildman–Crippen MR) is 104 cm³/mol. The molecule has 0 aliphatic rings. The lowest BCUT2D eigenvalue weighted by atomic mass is 10.2. The Morgan fingerprint density at radius 1 is 1.19 bits per heavy atom. The monoisotopic (exact) mass is 376 g/mol. The van der Waals surface area contributed by atoms with E-state index < -0.39 is 10.0 Å². The van der Waals surface area contributed by atoms with Gasteiger partial charge in [0.1, 0.15) is 5.82 Å². The number of likely N-dealkylation sites (N-methyl/N-ethyl adjacent to an activating group) is 1. The van der Waals surface area contributed by atoms with Crippen molar-refractivity contribution in [1.29, 1.82) is 0 Å². The summed E-state index contributed by atoms with van der Waals surface area (Å²) in [5.74, 6) is 0.259. The smallest absolute Gasteiger partial charge is 0.263 e. The molecule has 0 fully saturated rings. The van der Waals surface area contributed by atoms with Crippen LogP contribution < -0.4 is 10.5 Å². The lowest BCUT2D eigenvalue weighted by Gasteiger charge is -2.09. The Balaban J connectivity index is 0.000000412. The first kappa shape index (κ1) is 21.2. The highest BCUT2D eigenvalue weighted by Gasteiger charge is 2.14. The molecule has 26 heavy (non-hydrogen) atoms. The van der Waals surface area contributed by atoms with Crippen LogP contribution in [0.2, 0.25) is 0 Å². The van der Waals surface area contributed by atoms with E-state index in [2.05, 4.69) is 16.3 Å². The van der Waals surface area contributed by atoms with E-state index in [1.807, 2.05) is 19.9 Å². The molecule has 0 saturated carbocycles. The highest BCUT2D eigenvalue weighted by molar-refractivity contribution is 7.92. The third-order valence-corrected chi connectivity index (χ3v) is 4.51. The summed E-state index contributed by atoms with van der Waals surface area (Å²) in [4.78, 5) is 16.1. The van der Waals surface area contributed by atoms with Crippen molar-refractivity contribution < 1.29 is 13.2 Å². The SMILES string of the molecule is C=CC(=O)N(C)C.Cc1cc(C)nc(NS(=O)(=O)c2ccc(N)cc2)c1. The summed E-state index contributed by atoms with van der Waals surface area (Å²) in [6, 6.07) is 9.57. The predicted octanol–water partition coefficient (Wildman–Crippen LogP) is 2.34. The number of rotatable bonds is 4. The highest BCUT2D eigenvalue weighted by atomic mass is 32.2. The van der Waals surface area contributed by atoms with E-state index in [0.717, 1.165) is 11.3 Å². The molecule has 1 aromatic carbocycles. The van der Waals surface area contributed by atoms with E-state index in [1.54, 1.807) is 32.3 Å². The Morgan fingerprint density at radius 3 is 2.19 bits per heavy atom. The number of aromatic nitrogens is 1. The molecule has 1 amide bonds. The molecule has 2 rings (SSSR count). The van der Waals surface area contributed by atoms with Crippen LogP contribution in [0.4, 0.5) is 11.5 Å². The van der Waals surface area contributed by atoms with Gasteiger partial charge in [-0.05, 0) is 61.9 Å². The number of nitrogens with one attached hydrogen (secondary N) is 1. The number of hydrogen-bond donors (Lipinski definition) is 2. The molecule has 140 valence electrons. The molecule has 0 aliphatic carbocycles. The molecular formula is C18H24N4O3S. The number of anilines is 2. The molecule has 0 saturated heterocycles. The summed E-state index contributed by atoms with van der Waals surface area (Å²) >= 11 is 0. The molecule has 7 nitrogen and oxygen atoms in total. The van der Waals surface area contributed by atoms with Gasteiger partial charge in [0.15, 0.2) is 0 Å². The van der Waals surface area contributed by atoms with Crippen LogP contribution in [0.15, 0.2) is 53.9 Å². The number of amides is 1. The second kappa shape index (κ2) is 9.00. The van der Waals surface area contributed by atoms with Gasteiger partial charge in [-0.25, -0.2) is 13.4 Å². The fourth-order valence-electron chi connectivity index (χ4n) is 1.92. The molecule has 0 radical (unpaired) electrons. The molecule has 0 spiro atoms. The maximum Gasteiger partial charge on any atom is 0.263 e. The number of nitrogens with two attached hydrogens (primary N) is 1. The van der Waals surface area contributed by atoms with Crippen molar-refractivity contribution in [3.8, 4) is 0 Å². The molecule has 8 heteroatoms. The fourth-order valence-corrected chi connectivity index (χ4v) is 2.91. The van der Waals surface area contributed by atoms with Crippen LogP contribution in [0.1, 0.15) is 11.3 Å². The van der Waals surface area contributed by atoms with Gasteiger partial charge < -0.3 is 10.6 Å². The number of nitrogens with zero attached hydrogens (tertiary/aromatic N) is 2. The average molecular weight is 376 g/mol. The van der Waals surface area contributed by atoms with Crippen LogP contribution in [-0.4, -0.2) is 38.3 Å². The van der Waals surface area contributed by atoms with Crippen LogP contribution in [0.25, 0.3) is 0 Å². The number of benzene rings is 1. The lowest BCUT2D eigenvalue weighted by Crippen LogP contribution is -2.18. The number of pyridine rings is 1. The molecule has 1 aromatic heterocycles. The molecule has 3 N–H and O–H groups in total. The Bertz CT molecular complexity index is 856. The zero-order valence-corrected chi connectivity index (χ0v) is 16.2. The molecule has 2 aromatic rings. The summed E-state index contributed by atoms with van der Waals surface area (Å²) in [6.07, 6.45) is 1.28. The topological polar surface area (TPSA) is 105 Å². The average Bonchev–Trinajstić information content (AvgIpc) is 2.53. The largest absolute Gasteiger partial charge is 0.399 e. The molecule has 0 bridgehead atoms. The number of sulfonamides is 1. The summed E-state index contributed by atoms with van der Waals surface area (Å²) in [6.45, 7) is 6.99. The highest BCUT2D eigenvalue weighted by Crippen LogP contribution is 2.17. The fraction of sp³-hybridized carbons (Fsp3) is 0.222. The van der Waals surface area contributed by atoms with Crippen LogP contribution in [0.5, 0.6) is 0 Å². The van der Waals surface area contributed by atoms with E-state index in [0.29, 0.717) is 11.5 Å². The van der Waals surface area contributed by atoms with Crippen molar-refractivity contribution in [1.82, 2.24) is 9.88 Å². The third-order valence-electron chi connectivity index (χ3n) is 3.14. The summed E-state index contributed by atoms with van der Waals surface area (Å²) in [5.41, 5.74) is 7.76. The molecular weight excluding hydrogens is 352 g/mol. The van der Waals surface area contributed by atoms with E-state index >= 15 is 0 Å². The van der Waals surface area contributed by atoms with Crippen molar-refractivity contribution in [3.05, 3.63) is 60.3 Å². The zero-order valence-electron chi connectivity index (χ0n) is 15.4. The van der Waals surface area contributed by atoms with E-state index in [4.69, 9.17) is 5.73 Å². The second-order valence-electron chi connectivity index (χ2n) is 5.78. The summed E-state index contributed by atoms with van der Waals surface area (Å²) in [7, 11) is -0.263. The number of nitrogen functional groups attached to an aromatic ring is 1. The van der Waals surface area contributed by atoms with Crippen molar-refractivity contribution in [3.63, 3.8) is 0 Å². The van der Waals surface area contributed by atoms with Gasteiger partial charge in [0.05, 0.1) is 4.90 Å². The standard InChI is InChI=1S/C13H15N3O2S.C5H9NO/c1-9-7-10(2)15-13(8-9)16-19(17,18)12-5-3-11(14)4-6-12;1-4-5(7)6(2)3/h3-8H,14H2,1-2H3,(H,15,16);4H,1H2,2-3H3. The molecule has 0 unspecified atom stereocenters. The first-order valence-electron chi connectivity index (χ1n) is 7.72. The van der Waals surface area contributed by atoms with Crippen molar-refractivity contribution in [2.24, 2.45) is 0 Å².